The Kier molecular flexibility index (Phi) is 3.98. The van der Waals surface area contributed by atoms with Crippen LogP contribution in [0.1, 0.15) is 39.2 Å². The predicted molar refractivity (Wildman–Crippen MR) is 78.3 cm³/mol. The van der Waals surface area contributed by atoms with Gasteiger partial charge in [-0.15, -0.1) is 0 Å². The maximum atomic E-state index is 13.9. The van der Waals surface area contributed by atoms with Crippen LogP contribution in [0.25, 0.3) is 0 Å². The Morgan fingerprint density at radius 2 is 1.31 bits per heavy atom. The van der Waals surface area contributed by atoms with Gasteiger partial charge >= 0.3 is 0 Å². The molecule has 0 saturated carbocycles. The zero-order chi connectivity index (χ0) is 19.3. The molecule has 6 nitrogen and oxygen atoms in total. The molecule has 0 saturated heterocycles. The van der Waals surface area contributed by atoms with Crippen molar-refractivity contribution in [3.63, 3.8) is 0 Å². The Morgan fingerprint density at radius 3 is 1.69 bits per heavy atom. The number of carbonyl (C=O) groups is 2. The van der Waals surface area contributed by atoms with Crippen molar-refractivity contribution in [2.75, 3.05) is 0 Å². The second kappa shape index (κ2) is 5.90. The topological polar surface area (TPSA) is 80.5 Å². The van der Waals surface area contributed by atoms with Crippen LogP contribution in [0.2, 0.25) is 0 Å². The van der Waals surface area contributed by atoms with Crippen LogP contribution in [-0.4, -0.2) is 21.6 Å². The number of nitrogens with zero attached hydrogens (tertiary/aromatic N) is 2. The molecular formula is C16H8F4N2O4. The summed E-state index contributed by atoms with van der Waals surface area (Å²) in [6.07, 6.45) is 0. The first kappa shape index (κ1) is 17.5. The molecule has 1 atom stereocenters. The molecule has 1 aliphatic heterocycles. The van der Waals surface area contributed by atoms with Gasteiger partial charge in [0.15, 0.2) is 23.3 Å². The highest BCUT2D eigenvalue weighted by molar-refractivity contribution is 6.21. The second-order valence-corrected chi connectivity index (χ2v) is 5.51. The summed E-state index contributed by atoms with van der Waals surface area (Å²) in [6.45, 7) is 1.32. The summed E-state index contributed by atoms with van der Waals surface area (Å²) in [5, 5.41) is 10.7. The van der Waals surface area contributed by atoms with E-state index in [0.717, 1.165) is 12.1 Å². The average molecular weight is 368 g/mol. The number of carbonyl (C=O) groups excluding carboxylic acids is 2. The van der Waals surface area contributed by atoms with Crippen LogP contribution in [0.15, 0.2) is 24.3 Å². The molecule has 26 heavy (non-hydrogen) atoms. The third-order valence-corrected chi connectivity index (χ3v) is 4.11. The smallest absolute Gasteiger partial charge is 0.268 e. The monoisotopic (exact) mass is 368 g/mol. The van der Waals surface area contributed by atoms with Crippen molar-refractivity contribution in [3.05, 3.63) is 74.3 Å². The van der Waals surface area contributed by atoms with E-state index in [1.807, 2.05) is 0 Å². The Balaban J connectivity index is 2.06. The minimum Gasteiger partial charge on any atom is -0.268 e. The minimum atomic E-state index is -2.19. The molecule has 10 heteroatoms. The van der Waals surface area contributed by atoms with E-state index in [1.54, 1.807) is 0 Å². The van der Waals surface area contributed by atoms with Gasteiger partial charge in [0.05, 0.1) is 22.1 Å². The molecule has 134 valence electrons. The van der Waals surface area contributed by atoms with Gasteiger partial charge in [-0.25, -0.2) is 17.6 Å². The molecule has 3 rings (SSSR count). The van der Waals surface area contributed by atoms with Crippen molar-refractivity contribution in [2.24, 2.45) is 0 Å². The summed E-state index contributed by atoms with van der Waals surface area (Å²) in [5.74, 6) is -10.9. The van der Waals surface area contributed by atoms with Gasteiger partial charge in [0.2, 0.25) is 0 Å². The summed E-state index contributed by atoms with van der Waals surface area (Å²) < 4.78 is 54.5. The number of fused-ring (bicyclic) bond motifs is 1. The van der Waals surface area contributed by atoms with Crippen molar-refractivity contribution in [2.45, 2.75) is 13.0 Å². The molecule has 2 aromatic carbocycles. The van der Waals surface area contributed by atoms with Crippen LogP contribution in [0.3, 0.4) is 0 Å². The summed E-state index contributed by atoms with van der Waals surface area (Å²) in [5.41, 5.74) is -2.36. The molecule has 1 heterocycles. The van der Waals surface area contributed by atoms with E-state index in [-0.39, 0.29) is 11.3 Å². The highest BCUT2D eigenvalue weighted by atomic mass is 19.2. The van der Waals surface area contributed by atoms with Gasteiger partial charge in [0.25, 0.3) is 17.5 Å². The number of hydrogen-bond donors (Lipinski definition) is 0. The molecule has 2 amide bonds. The maximum absolute atomic E-state index is 13.9. The van der Waals surface area contributed by atoms with E-state index in [1.165, 1.54) is 19.1 Å². The second-order valence-electron chi connectivity index (χ2n) is 5.51. The van der Waals surface area contributed by atoms with Gasteiger partial charge in [-0.05, 0) is 12.5 Å². The molecule has 2 aromatic rings. The Labute approximate surface area is 142 Å². The fourth-order valence-corrected chi connectivity index (χ4v) is 2.74. The Morgan fingerprint density at radius 1 is 0.885 bits per heavy atom. The van der Waals surface area contributed by atoms with E-state index in [9.17, 15) is 37.3 Å². The lowest BCUT2D eigenvalue weighted by Crippen LogP contribution is -2.32. The molecule has 0 aliphatic carbocycles. The lowest BCUT2D eigenvalue weighted by molar-refractivity contribution is -0.384. The molecule has 0 unspecified atom stereocenters. The van der Waals surface area contributed by atoms with E-state index < -0.39 is 57.2 Å². The minimum absolute atomic E-state index is 0.242. The van der Waals surface area contributed by atoms with Crippen LogP contribution in [-0.2, 0) is 0 Å². The predicted octanol–water partition coefficient (Wildman–Crippen LogP) is 3.51. The first-order valence-electron chi connectivity index (χ1n) is 7.15. The van der Waals surface area contributed by atoms with E-state index in [0.29, 0.717) is 4.90 Å². The fourth-order valence-electron chi connectivity index (χ4n) is 2.74. The molecule has 0 spiro atoms. The van der Waals surface area contributed by atoms with E-state index >= 15 is 0 Å². The molecule has 0 fully saturated rings. The maximum Gasteiger partial charge on any atom is 0.269 e. The van der Waals surface area contributed by atoms with Crippen molar-refractivity contribution in [3.8, 4) is 0 Å². The van der Waals surface area contributed by atoms with Crippen LogP contribution in [0, 0.1) is 33.4 Å². The van der Waals surface area contributed by atoms with Gasteiger partial charge < -0.3 is 0 Å². The highest BCUT2D eigenvalue weighted by Crippen LogP contribution is 2.36. The van der Waals surface area contributed by atoms with Crippen LogP contribution >= 0.6 is 0 Å². The van der Waals surface area contributed by atoms with Crippen molar-refractivity contribution < 1.29 is 32.1 Å². The number of amides is 2. The summed E-state index contributed by atoms with van der Waals surface area (Å²) in [6, 6.07) is 3.64. The fraction of sp³-hybridized carbons (Fsp3) is 0.125. The first-order chi connectivity index (χ1) is 12.2. The molecule has 0 N–H and O–H groups in total. The average Bonchev–Trinajstić information content (AvgIpc) is 2.88. The number of imide groups is 1. The van der Waals surface area contributed by atoms with Crippen LogP contribution in [0.4, 0.5) is 23.2 Å². The third kappa shape index (κ3) is 2.33. The van der Waals surface area contributed by atoms with Gasteiger partial charge in [0, 0.05) is 12.1 Å². The highest BCUT2D eigenvalue weighted by Gasteiger charge is 2.46. The number of non-ortho nitro benzene ring substituents is 1. The van der Waals surface area contributed by atoms with E-state index in [4.69, 9.17) is 0 Å². The largest absolute Gasteiger partial charge is 0.269 e. The van der Waals surface area contributed by atoms with Gasteiger partial charge in [-0.1, -0.05) is 12.1 Å². The lowest BCUT2D eigenvalue weighted by Gasteiger charge is -2.22. The van der Waals surface area contributed by atoms with Gasteiger partial charge in [-0.3, -0.25) is 24.6 Å². The zero-order valence-corrected chi connectivity index (χ0v) is 12.9. The number of nitro benzene ring substituents is 1. The number of rotatable bonds is 3. The van der Waals surface area contributed by atoms with Crippen LogP contribution in [0.5, 0.6) is 0 Å². The van der Waals surface area contributed by atoms with Crippen LogP contribution < -0.4 is 0 Å². The Bertz CT molecular complexity index is 928. The molecule has 1 aliphatic rings. The number of halogens is 4. The van der Waals surface area contributed by atoms with Crippen molar-refractivity contribution >= 4 is 17.5 Å². The molecule has 0 radical (unpaired) electrons. The van der Waals surface area contributed by atoms with Gasteiger partial charge in [-0.2, -0.15) is 0 Å². The number of hydrogen-bond acceptors (Lipinski definition) is 4. The lowest BCUT2D eigenvalue weighted by atomic mass is 10.1. The normalized spacial score (nSPS) is 14.6. The zero-order valence-electron chi connectivity index (χ0n) is 12.9. The van der Waals surface area contributed by atoms with E-state index in [2.05, 4.69) is 0 Å². The standard InChI is InChI=1S/C16H8F4N2O4/c1-6(7-2-4-8(5-3-7)22(25)26)21-15(23)9-10(16(21)24)12(18)14(20)13(19)11(9)17/h2-6H,1H3/t6-/m1/s1. The SMILES string of the molecule is C[C@H](c1ccc([N+](=O)[O-])cc1)N1C(=O)c2c(F)c(F)c(F)c(F)c2C1=O. The third-order valence-electron chi connectivity index (χ3n) is 4.11. The molecule has 0 aromatic heterocycles. The summed E-state index contributed by atoms with van der Waals surface area (Å²) >= 11 is 0. The van der Waals surface area contributed by atoms with Crippen molar-refractivity contribution in [1.29, 1.82) is 0 Å². The quantitative estimate of drug-likeness (QED) is 0.207. The molecular weight excluding hydrogens is 360 g/mol. The van der Waals surface area contributed by atoms with Crippen molar-refractivity contribution in [1.82, 2.24) is 4.90 Å². The number of nitro groups is 1. The summed E-state index contributed by atoms with van der Waals surface area (Å²) in [4.78, 5) is 35.1. The summed E-state index contributed by atoms with van der Waals surface area (Å²) in [7, 11) is 0. The number of benzene rings is 2. The first-order valence-corrected chi connectivity index (χ1v) is 7.15. The van der Waals surface area contributed by atoms with Gasteiger partial charge in [0.1, 0.15) is 0 Å². The molecule has 0 bridgehead atoms. The Hall–Kier alpha value is -3.30.